The number of rotatable bonds is 14. The van der Waals surface area contributed by atoms with Crippen LogP contribution in [0.25, 0.3) is 0 Å². The van der Waals surface area contributed by atoms with Crippen molar-refractivity contribution < 1.29 is 0 Å². The smallest absolute Gasteiger partial charge is 0.0355 e. The van der Waals surface area contributed by atoms with Crippen LogP contribution in [-0.4, -0.2) is 0 Å². The number of hydrogen-bond acceptors (Lipinski definition) is 0. The summed E-state index contributed by atoms with van der Waals surface area (Å²) in [4.78, 5) is 0. The Kier molecular flexibility index (Phi) is 13.3. The predicted octanol–water partition coefficient (Wildman–Crippen LogP) is 8.35. The second-order valence-corrected chi connectivity index (χ2v) is 8.58. The van der Waals surface area contributed by atoms with Gasteiger partial charge in [-0.2, -0.15) is 0 Å². The van der Waals surface area contributed by atoms with Crippen molar-refractivity contribution in [2.24, 2.45) is 35.5 Å². The molecule has 140 valence electrons. The van der Waals surface area contributed by atoms with Crippen molar-refractivity contribution in [2.45, 2.75) is 113 Å². The maximum Gasteiger partial charge on any atom is -0.0355 e. The number of unbranched alkanes of at least 4 members (excludes halogenated alkanes) is 2. The van der Waals surface area contributed by atoms with Crippen LogP contribution >= 0.6 is 0 Å². The third kappa shape index (κ3) is 8.59. The van der Waals surface area contributed by atoms with Crippen LogP contribution in [0.4, 0.5) is 0 Å². The molecule has 0 fully saturated rings. The lowest BCUT2D eigenvalue weighted by Gasteiger charge is -2.37. The Hall–Kier alpha value is 0. The van der Waals surface area contributed by atoms with Gasteiger partial charge in [0.15, 0.2) is 0 Å². The first kappa shape index (κ1) is 23.0. The monoisotopic (exact) mass is 324 g/mol. The van der Waals surface area contributed by atoms with Gasteiger partial charge in [0.1, 0.15) is 0 Å². The van der Waals surface area contributed by atoms with E-state index in [-0.39, 0.29) is 0 Å². The molecule has 0 bridgehead atoms. The van der Waals surface area contributed by atoms with Crippen LogP contribution in [0, 0.1) is 35.5 Å². The van der Waals surface area contributed by atoms with E-state index in [1.54, 1.807) is 0 Å². The van der Waals surface area contributed by atoms with Crippen molar-refractivity contribution in [2.75, 3.05) is 0 Å². The Morgan fingerprint density at radius 1 is 0.565 bits per heavy atom. The quantitative estimate of drug-likeness (QED) is 0.281. The van der Waals surface area contributed by atoms with Crippen LogP contribution in [0.2, 0.25) is 0 Å². The van der Waals surface area contributed by atoms with Gasteiger partial charge < -0.3 is 0 Å². The summed E-state index contributed by atoms with van der Waals surface area (Å²) in [5.41, 5.74) is 0. The van der Waals surface area contributed by atoms with Gasteiger partial charge in [-0.1, -0.05) is 100 Å². The highest BCUT2D eigenvalue weighted by molar-refractivity contribution is 4.80. The average Bonchev–Trinajstić information content (AvgIpc) is 2.55. The lowest BCUT2D eigenvalue weighted by Crippen LogP contribution is -2.29. The van der Waals surface area contributed by atoms with E-state index in [9.17, 15) is 0 Å². The Morgan fingerprint density at radius 2 is 1.17 bits per heavy atom. The van der Waals surface area contributed by atoms with Crippen molar-refractivity contribution >= 4 is 0 Å². The molecule has 0 heterocycles. The van der Waals surface area contributed by atoms with Gasteiger partial charge in [0.2, 0.25) is 0 Å². The fourth-order valence-corrected chi connectivity index (χ4v) is 4.34. The van der Waals surface area contributed by atoms with E-state index in [1.807, 2.05) is 0 Å². The summed E-state index contributed by atoms with van der Waals surface area (Å²) in [6.07, 6.45) is 12.7. The molecular formula is C23H48. The summed E-state index contributed by atoms with van der Waals surface area (Å²) in [7, 11) is 0. The van der Waals surface area contributed by atoms with Crippen molar-refractivity contribution in [3.8, 4) is 0 Å². The van der Waals surface area contributed by atoms with Gasteiger partial charge in [0.25, 0.3) is 0 Å². The molecule has 4 atom stereocenters. The molecule has 0 saturated carbocycles. The highest BCUT2D eigenvalue weighted by Crippen LogP contribution is 2.40. The molecule has 0 aromatic carbocycles. The van der Waals surface area contributed by atoms with Gasteiger partial charge in [-0.25, -0.2) is 0 Å². The molecule has 0 aromatic heterocycles. The summed E-state index contributed by atoms with van der Waals surface area (Å²) in [5.74, 6) is 5.45. The van der Waals surface area contributed by atoms with Gasteiger partial charge in [-0.15, -0.1) is 0 Å². The van der Waals surface area contributed by atoms with Crippen LogP contribution in [0.3, 0.4) is 0 Å². The SMILES string of the molecule is CCCCCC(C(C)CC)C(CCC(C)C(C)C)C(CC)CC. The zero-order valence-corrected chi connectivity index (χ0v) is 17.8. The third-order valence-electron chi connectivity index (χ3n) is 6.81. The second kappa shape index (κ2) is 13.3. The van der Waals surface area contributed by atoms with E-state index in [2.05, 4.69) is 55.4 Å². The maximum absolute atomic E-state index is 2.53. The first-order valence-electron chi connectivity index (χ1n) is 10.9. The van der Waals surface area contributed by atoms with Crippen molar-refractivity contribution in [3.63, 3.8) is 0 Å². The Bertz CT molecular complexity index is 251. The Balaban J connectivity index is 5.04. The van der Waals surface area contributed by atoms with Crippen LogP contribution in [0.5, 0.6) is 0 Å². The summed E-state index contributed by atoms with van der Waals surface area (Å²) in [6, 6.07) is 0. The van der Waals surface area contributed by atoms with Crippen molar-refractivity contribution in [1.82, 2.24) is 0 Å². The van der Waals surface area contributed by atoms with Gasteiger partial charge in [-0.3, -0.25) is 0 Å². The first-order valence-corrected chi connectivity index (χ1v) is 10.9. The molecule has 0 saturated heterocycles. The van der Waals surface area contributed by atoms with Crippen LogP contribution in [0.1, 0.15) is 113 Å². The van der Waals surface area contributed by atoms with Crippen LogP contribution in [0.15, 0.2) is 0 Å². The van der Waals surface area contributed by atoms with E-state index in [1.165, 1.54) is 57.8 Å². The van der Waals surface area contributed by atoms with Gasteiger partial charge >= 0.3 is 0 Å². The van der Waals surface area contributed by atoms with Gasteiger partial charge in [0.05, 0.1) is 0 Å². The Labute approximate surface area is 149 Å². The summed E-state index contributed by atoms with van der Waals surface area (Å²) in [6.45, 7) is 19.4. The van der Waals surface area contributed by atoms with Gasteiger partial charge in [0, 0.05) is 0 Å². The topological polar surface area (TPSA) is 0 Å². The van der Waals surface area contributed by atoms with Crippen LogP contribution in [-0.2, 0) is 0 Å². The summed E-state index contributed by atoms with van der Waals surface area (Å²) in [5, 5.41) is 0. The molecule has 23 heavy (non-hydrogen) atoms. The molecule has 4 unspecified atom stereocenters. The van der Waals surface area contributed by atoms with Crippen LogP contribution < -0.4 is 0 Å². The zero-order valence-electron chi connectivity index (χ0n) is 17.8. The average molecular weight is 325 g/mol. The molecule has 0 aliphatic rings. The molecular weight excluding hydrogens is 276 g/mol. The molecule has 0 nitrogen and oxygen atoms in total. The molecule has 0 spiro atoms. The van der Waals surface area contributed by atoms with E-state index in [4.69, 9.17) is 0 Å². The first-order chi connectivity index (χ1) is 10.9. The fourth-order valence-electron chi connectivity index (χ4n) is 4.34. The van der Waals surface area contributed by atoms with E-state index in [0.29, 0.717) is 0 Å². The molecule has 0 radical (unpaired) electrons. The zero-order chi connectivity index (χ0) is 17.8. The molecule has 0 aromatic rings. The van der Waals surface area contributed by atoms with Gasteiger partial charge in [-0.05, 0) is 48.3 Å². The molecule has 0 rings (SSSR count). The normalized spacial score (nSPS) is 17.5. The Morgan fingerprint density at radius 3 is 1.61 bits per heavy atom. The second-order valence-electron chi connectivity index (χ2n) is 8.58. The minimum absolute atomic E-state index is 0.833. The lowest BCUT2D eigenvalue weighted by atomic mass is 9.68. The van der Waals surface area contributed by atoms with Crippen molar-refractivity contribution in [1.29, 1.82) is 0 Å². The third-order valence-corrected chi connectivity index (χ3v) is 6.81. The lowest BCUT2D eigenvalue weighted by molar-refractivity contribution is 0.124. The minimum Gasteiger partial charge on any atom is -0.0654 e. The summed E-state index contributed by atoms with van der Waals surface area (Å²) >= 11 is 0. The van der Waals surface area contributed by atoms with E-state index < -0.39 is 0 Å². The van der Waals surface area contributed by atoms with Crippen molar-refractivity contribution in [3.05, 3.63) is 0 Å². The molecule has 0 aliphatic carbocycles. The highest BCUT2D eigenvalue weighted by Gasteiger charge is 2.30. The fraction of sp³-hybridized carbons (Fsp3) is 1.00. The van der Waals surface area contributed by atoms with E-state index >= 15 is 0 Å². The summed E-state index contributed by atoms with van der Waals surface area (Å²) < 4.78 is 0. The standard InChI is InChI=1S/C23H48/c1-9-13-14-15-22(19(7)10-2)23(21(11-3)12-4)17-16-20(8)18(5)6/h18-23H,9-17H2,1-8H3. The molecule has 0 aliphatic heterocycles. The maximum atomic E-state index is 2.53. The highest BCUT2D eigenvalue weighted by atomic mass is 14.4. The largest absolute Gasteiger partial charge is 0.0654 e. The molecule has 0 N–H and O–H groups in total. The van der Waals surface area contributed by atoms with E-state index in [0.717, 1.165) is 35.5 Å². The molecule has 0 amide bonds. The number of hydrogen-bond donors (Lipinski definition) is 0. The minimum atomic E-state index is 0.833. The predicted molar refractivity (Wildman–Crippen MR) is 108 cm³/mol. The molecule has 0 heteroatoms.